The molecule has 6 rings (SSSR count). The normalized spacial score (nSPS) is 21.9. The highest BCUT2D eigenvalue weighted by atomic mass is 14.6. The molecule has 2 nitrogen and oxygen atoms in total. The molecule has 0 heterocycles. The van der Waals surface area contributed by atoms with E-state index < -0.39 is 0 Å². The summed E-state index contributed by atoms with van der Waals surface area (Å²) in [5.41, 5.74) is 22.7. The highest BCUT2D eigenvalue weighted by molar-refractivity contribution is 5.49. The van der Waals surface area contributed by atoms with Crippen LogP contribution in [0.4, 0.5) is 11.4 Å². The molecule has 2 atom stereocenters. The Morgan fingerprint density at radius 2 is 1.02 bits per heavy atom. The molecule has 2 aliphatic carbocycles. The molecular formula is C45H58N2. The summed E-state index contributed by atoms with van der Waals surface area (Å²) in [4.78, 5) is 0. The lowest BCUT2D eigenvalue weighted by Gasteiger charge is -2.46. The van der Waals surface area contributed by atoms with Crippen molar-refractivity contribution in [2.75, 3.05) is 11.5 Å². The van der Waals surface area contributed by atoms with Crippen LogP contribution in [0.15, 0.2) is 97.1 Å². The molecular weight excluding hydrogens is 569 g/mol. The minimum atomic E-state index is 0.617. The number of hydrogen-bond acceptors (Lipinski definition) is 2. The van der Waals surface area contributed by atoms with Gasteiger partial charge in [0.25, 0.3) is 0 Å². The molecule has 2 saturated carbocycles. The number of nitrogen functional groups attached to an aromatic ring is 2. The number of unbranched alkanes of at least 4 members (excludes halogenated alkanes) is 4. The van der Waals surface area contributed by atoms with Gasteiger partial charge in [0.2, 0.25) is 0 Å². The van der Waals surface area contributed by atoms with Crippen LogP contribution in [0.2, 0.25) is 0 Å². The largest absolute Gasteiger partial charge is 0.398 e. The van der Waals surface area contributed by atoms with Gasteiger partial charge in [-0.2, -0.15) is 0 Å². The van der Waals surface area contributed by atoms with Gasteiger partial charge in [-0.3, -0.25) is 0 Å². The topological polar surface area (TPSA) is 52.0 Å². The van der Waals surface area contributed by atoms with Crippen LogP contribution in [0.5, 0.6) is 0 Å². The maximum absolute atomic E-state index is 6.32. The zero-order valence-corrected chi connectivity index (χ0v) is 28.9. The van der Waals surface area contributed by atoms with E-state index in [4.69, 9.17) is 11.5 Å². The second kappa shape index (κ2) is 16.5. The number of para-hydroxylation sites is 2. The molecule has 4 aromatic rings. The molecule has 47 heavy (non-hydrogen) atoms. The summed E-state index contributed by atoms with van der Waals surface area (Å²) in [5.74, 6) is 3.62. The molecule has 0 saturated heterocycles. The Balaban J connectivity index is 1.28. The van der Waals surface area contributed by atoms with Crippen LogP contribution in [0, 0.1) is 17.8 Å². The van der Waals surface area contributed by atoms with Crippen molar-refractivity contribution < 1.29 is 0 Å². The summed E-state index contributed by atoms with van der Waals surface area (Å²) in [6, 6.07) is 36.1. The molecule has 4 N–H and O–H groups in total. The third-order valence-electron chi connectivity index (χ3n) is 11.8. The average Bonchev–Trinajstić information content (AvgIpc) is 3.11. The summed E-state index contributed by atoms with van der Waals surface area (Å²) in [7, 11) is 0. The Morgan fingerprint density at radius 1 is 0.532 bits per heavy atom. The highest BCUT2D eigenvalue weighted by Gasteiger charge is 2.41. The maximum Gasteiger partial charge on any atom is 0.0349 e. The number of anilines is 2. The molecule has 4 aromatic carbocycles. The first-order valence-corrected chi connectivity index (χ1v) is 18.9. The Bertz CT molecular complexity index is 1410. The Hall–Kier alpha value is -3.52. The average molecular weight is 627 g/mol. The number of benzene rings is 4. The third-order valence-corrected chi connectivity index (χ3v) is 11.8. The predicted octanol–water partition coefficient (Wildman–Crippen LogP) is 11.9. The van der Waals surface area contributed by atoms with E-state index in [1.807, 2.05) is 24.3 Å². The van der Waals surface area contributed by atoms with Crippen molar-refractivity contribution in [1.29, 1.82) is 0 Å². The van der Waals surface area contributed by atoms with E-state index >= 15 is 0 Å². The van der Waals surface area contributed by atoms with E-state index in [9.17, 15) is 0 Å². The smallest absolute Gasteiger partial charge is 0.0349 e. The van der Waals surface area contributed by atoms with Gasteiger partial charge < -0.3 is 11.5 Å². The lowest BCUT2D eigenvalue weighted by molar-refractivity contribution is 0.121. The molecule has 2 aliphatic rings. The minimum Gasteiger partial charge on any atom is -0.398 e. The summed E-state index contributed by atoms with van der Waals surface area (Å²) >= 11 is 0. The van der Waals surface area contributed by atoms with Gasteiger partial charge in [0.05, 0.1) is 0 Å². The fraction of sp³-hybridized carbons (Fsp3) is 0.467. The van der Waals surface area contributed by atoms with Crippen LogP contribution in [0.3, 0.4) is 0 Å². The van der Waals surface area contributed by atoms with E-state index in [2.05, 4.69) is 79.7 Å². The van der Waals surface area contributed by atoms with Crippen molar-refractivity contribution in [3.63, 3.8) is 0 Å². The lowest BCUT2D eigenvalue weighted by Crippen LogP contribution is -2.34. The molecule has 0 amide bonds. The molecule has 0 spiro atoms. The Morgan fingerprint density at radius 3 is 1.51 bits per heavy atom. The first kappa shape index (κ1) is 33.4. The van der Waals surface area contributed by atoms with Gasteiger partial charge in [0.15, 0.2) is 0 Å². The second-order valence-electron chi connectivity index (χ2n) is 14.9. The van der Waals surface area contributed by atoms with Crippen LogP contribution in [0.25, 0.3) is 0 Å². The number of nitrogens with two attached hydrogens (primary N) is 2. The first-order valence-electron chi connectivity index (χ1n) is 18.9. The highest BCUT2D eigenvalue weighted by Crippen LogP contribution is 2.54. The molecule has 2 heteroatoms. The van der Waals surface area contributed by atoms with E-state index in [1.165, 1.54) is 106 Å². The summed E-state index contributed by atoms with van der Waals surface area (Å²) in [5, 5.41) is 0. The van der Waals surface area contributed by atoms with E-state index in [-0.39, 0.29) is 0 Å². The van der Waals surface area contributed by atoms with Gasteiger partial charge in [-0.05, 0) is 107 Å². The quantitative estimate of drug-likeness (QED) is 0.115. The fourth-order valence-electron chi connectivity index (χ4n) is 9.12. The second-order valence-corrected chi connectivity index (χ2v) is 14.9. The predicted molar refractivity (Wildman–Crippen MR) is 202 cm³/mol. The van der Waals surface area contributed by atoms with Gasteiger partial charge >= 0.3 is 0 Å². The van der Waals surface area contributed by atoms with Gasteiger partial charge in [-0.25, -0.2) is 0 Å². The van der Waals surface area contributed by atoms with Crippen molar-refractivity contribution in [3.05, 3.63) is 130 Å². The zero-order chi connectivity index (χ0) is 32.4. The molecule has 2 unspecified atom stereocenters. The fourth-order valence-corrected chi connectivity index (χ4v) is 9.12. The van der Waals surface area contributed by atoms with Crippen LogP contribution < -0.4 is 11.5 Å². The van der Waals surface area contributed by atoms with Crippen molar-refractivity contribution >= 4 is 11.4 Å². The molecule has 0 radical (unpaired) electrons. The standard InChI is InChI=1S/C45H58N2/c1-2-3-4-5-9-18-41-42(36-25-21-33(22-26-36)29-38-16-10-12-19-44(38)46)31-40(35-14-7-6-8-15-35)32-43(41)37-27-23-34(24-28-37)30-39-17-11-13-20-45(39)47/h10-13,16-17,19-28,35,40-43H,2-9,14-15,18,29-32,46-47H2,1H3. The van der Waals surface area contributed by atoms with Crippen molar-refractivity contribution in [1.82, 2.24) is 0 Å². The van der Waals surface area contributed by atoms with Gasteiger partial charge in [-0.15, -0.1) is 0 Å². The van der Waals surface area contributed by atoms with Crippen LogP contribution in [-0.4, -0.2) is 0 Å². The number of rotatable bonds is 13. The van der Waals surface area contributed by atoms with Crippen molar-refractivity contribution in [3.8, 4) is 0 Å². The molecule has 0 aromatic heterocycles. The van der Waals surface area contributed by atoms with Crippen molar-refractivity contribution in [2.24, 2.45) is 17.8 Å². The molecule has 0 aliphatic heterocycles. The van der Waals surface area contributed by atoms with Gasteiger partial charge in [0.1, 0.15) is 0 Å². The third kappa shape index (κ3) is 8.69. The zero-order valence-electron chi connectivity index (χ0n) is 28.9. The van der Waals surface area contributed by atoms with Gasteiger partial charge in [0, 0.05) is 11.4 Å². The van der Waals surface area contributed by atoms with E-state index in [1.54, 1.807) is 11.1 Å². The van der Waals surface area contributed by atoms with Crippen molar-refractivity contribution in [2.45, 2.75) is 115 Å². The van der Waals surface area contributed by atoms with E-state index in [0.29, 0.717) is 17.8 Å². The first-order chi connectivity index (χ1) is 23.1. The van der Waals surface area contributed by atoms with Crippen LogP contribution in [-0.2, 0) is 12.8 Å². The molecule has 0 bridgehead atoms. The Kier molecular flexibility index (Phi) is 11.7. The minimum absolute atomic E-state index is 0.617. The Labute approximate surface area is 285 Å². The molecule has 2 fully saturated rings. The SMILES string of the molecule is CCCCCCCC1C(c2ccc(Cc3ccccc3N)cc2)CC(C2CCCCC2)CC1c1ccc(Cc2ccccc2N)cc1. The lowest BCUT2D eigenvalue weighted by atomic mass is 9.58. The van der Waals surface area contributed by atoms with Gasteiger partial charge in [-0.1, -0.05) is 156 Å². The summed E-state index contributed by atoms with van der Waals surface area (Å²) in [6.45, 7) is 2.32. The van der Waals surface area contributed by atoms with E-state index in [0.717, 1.165) is 36.1 Å². The molecule has 248 valence electrons. The van der Waals surface area contributed by atoms with Crippen LogP contribution >= 0.6 is 0 Å². The summed E-state index contributed by atoms with van der Waals surface area (Å²) < 4.78 is 0. The number of hydrogen-bond donors (Lipinski definition) is 2. The monoisotopic (exact) mass is 626 g/mol. The van der Waals surface area contributed by atoms with Crippen LogP contribution in [0.1, 0.15) is 136 Å². The maximum atomic E-state index is 6.32. The summed E-state index contributed by atoms with van der Waals surface area (Å²) in [6.07, 6.45) is 19.7.